The van der Waals surface area contributed by atoms with Gasteiger partial charge in [-0.3, -0.25) is 0 Å². The van der Waals surface area contributed by atoms with Crippen LogP contribution < -0.4 is 5.32 Å². The molecule has 1 atom stereocenters. The Bertz CT molecular complexity index is 608. The molecule has 1 N–H and O–H groups in total. The number of nitrogens with one attached hydrogen (secondary N) is 1. The number of hydrogen-bond acceptors (Lipinski definition) is 4. The van der Waals surface area contributed by atoms with Gasteiger partial charge >= 0.3 is 0 Å². The van der Waals surface area contributed by atoms with Gasteiger partial charge in [0.15, 0.2) is 0 Å². The van der Waals surface area contributed by atoms with Crippen LogP contribution in [0.2, 0.25) is 0 Å². The average molecular weight is 252 g/mol. The highest BCUT2D eigenvalue weighted by Crippen LogP contribution is 2.18. The van der Waals surface area contributed by atoms with E-state index >= 15 is 0 Å². The van der Waals surface area contributed by atoms with Crippen molar-refractivity contribution in [3.63, 3.8) is 0 Å². The molecule has 0 spiro atoms. The van der Waals surface area contributed by atoms with Gasteiger partial charge in [-0.1, -0.05) is 12.1 Å². The molecule has 1 aromatic heterocycles. The van der Waals surface area contributed by atoms with Gasteiger partial charge in [0.1, 0.15) is 0 Å². The molecule has 2 aromatic rings. The molecule has 0 fully saturated rings. The molecule has 4 heteroatoms. The van der Waals surface area contributed by atoms with Gasteiger partial charge in [-0.2, -0.15) is 5.26 Å². The van der Waals surface area contributed by atoms with Crippen LogP contribution in [-0.2, 0) is 0 Å². The lowest BCUT2D eigenvalue weighted by molar-refractivity contribution is 0.852. The Kier molecular flexibility index (Phi) is 3.76. The van der Waals surface area contributed by atoms with Gasteiger partial charge in [-0.05, 0) is 44.5 Å². The lowest BCUT2D eigenvalue weighted by Gasteiger charge is -2.15. The number of anilines is 1. The zero-order chi connectivity index (χ0) is 13.8. The van der Waals surface area contributed by atoms with Crippen LogP contribution in [0.5, 0.6) is 0 Å². The van der Waals surface area contributed by atoms with E-state index in [1.54, 1.807) is 6.07 Å². The number of nitrogens with zero attached hydrogens (tertiary/aromatic N) is 3. The Morgan fingerprint density at radius 2 is 1.84 bits per heavy atom. The minimum Gasteiger partial charge on any atom is -0.348 e. The fourth-order valence-electron chi connectivity index (χ4n) is 1.95. The van der Waals surface area contributed by atoms with Crippen molar-refractivity contribution in [3.8, 4) is 6.07 Å². The minimum atomic E-state index is 0.0505. The lowest BCUT2D eigenvalue weighted by Crippen LogP contribution is -2.10. The molecule has 4 nitrogen and oxygen atoms in total. The Balaban J connectivity index is 2.20. The number of aryl methyl sites for hydroxylation is 2. The number of rotatable bonds is 3. The summed E-state index contributed by atoms with van der Waals surface area (Å²) in [6, 6.07) is 11.7. The van der Waals surface area contributed by atoms with E-state index in [9.17, 15) is 0 Å². The quantitative estimate of drug-likeness (QED) is 0.911. The smallest absolute Gasteiger partial charge is 0.223 e. The third-order valence-electron chi connectivity index (χ3n) is 2.84. The van der Waals surface area contributed by atoms with Gasteiger partial charge in [-0.15, -0.1) is 0 Å². The van der Waals surface area contributed by atoms with Crippen LogP contribution in [0, 0.1) is 25.2 Å². The zero-order valence-corrected chi connectivity index (χ0v) is 11.3. The van der Waals surface area contributed by atoms with Crippen LogP contribution in [0.3, 0.4) is 0 Å². The molecule has 2 rings (SSSR count). The fourth-order valence-corrected chi connectivity index (χ4v) is 1.95. The van der Waals surface area contributed by atoms with E-state index in [-0.39, 0.29) is 6.04 Å². The maximum Gasteiger partial charge on any atom is 0.223 e. The normalized spacial score (nSPS) is 11.7. The molecule has 0 radical (unpaired) electrons. The van der Waals surface area contributed by atoms with Crippen LogP contribution in [-0.4, -0.2) is 9.97 Å². The lowest BCUT2D eigenvalue weighted by atomic mass is 10.1. The Morgan fingerprint density at radius 1 is 1.16 bits per heavy atom. The summed E-state index contributed by atoms with van der Waals surface area (Å²) in [5, 5.41) is 12.2. The van der Waals surface area contributed by atoms with Crippen molar-refractivity contribution in [1.29, 1.82) is 5.26 Å². The van der Waals surface area contributed by atoms with Crippen LogP contribution in [0.1, 0.15) is 35.5 Å². The highest BCUT2D eigenvalue weighted by Gasteiger charge is 2.08. The van der Waals surface area contributed by atoms with Crippen molar-refractivity contribution < 1.29 is 0 Å². The summed E-state index contributed by atoms with van der Waals surface area (Å²) < 4.78 is 0. The van der Waals surface area contributed by atoms with Crippen LogP contribution in [0.4, 0.5) is 5.95 Å². The first-order valence-corrected chi connectivity index (χ1v) is 6.17. The van der Waals surface area contributed by atoms with Gasteiger partial charge in [-0.25, -0.2) is 9.97 Å². The summed E-state index contributed by atoms with van der Waals surface area (Å²) >= 11 is 0. The molecule has 96 valence electrons. The van der Waals surface area contributed by atoms with E-state index in [0.29, 0.717) is 11.5 Å². The van der Waals surface area contributed by atoms with Gasteiger partial charge < -0.3 is 5.32 Å². The SMILES string of the molecule is Cc1cc(C)nc(NC(C)c2cccc(C#N)c2)n1. The van der Waals surface area contributed by atoms with Crippen molar-refractivity contribution in [2.45, 2.75) is 26.8 Å². The van der Waals surface area contributed by atoms with E-state index < -0.39 is 0 Å². The number of aromatic nitrogens is 2. The molecule has 1 heterocycles. The third-order valence-corrected chi connectivity index (χ3v) is 2.84. The molecule has 0 amide bonds. The third kappa shape index (κ3) is 3.29. The van der Waals surface area contributed by atoms with Crippen molar-refractivity contribution in [2.75, 3.05) is 5.32 Å². The summed E-state index contributed by atoms with van der Waals surface area (Å²) in [7, 11) is 0. The highest BCUT2D eigenvalue weighted by atomic mass is 15.1. The number of hydrogen-bond donors (Lipinski definition) is 1. The van der Waals surface area contributed by atoms with E-state index in [2.05, 4.69) is 21.4 Å². The van der Waals surface area contributed by atoms with Gasteiger partial charge in [0.2, 0.25) is 5.95 Å². The number of benzene rings is 1. The van der Waals surface area contributed by atoms with E-state index in [1.165, 1.54) is 0 Å². The van der Waals surface area contributed by atoms with Crippen molar-refractivity contribution in [1.82, 2.24) is 9.97 Å². The highest BCUT2D eigenvalue weighted by molar-refractivity contribution is 5.38. The standard InChI is InChI=1S/C15H16N4/c1-10-7-11(2)18-15(17-10)19-12(3)14-6-4-5-13(8-14)9-16/h4-8,12H,1-3H3,(H,17,18,19). The molecule has 0 saturated carbocycles. The Hall–Kier alpha value is -2.41. The van der Waals surface area contributed by atoms with Crippen LogP contribution >= 0.6 is 0 Å². The Morgan fingerprint density at radius 3 is 2.47 bits per heavy atom. The summed E-state index contributed by atoms with van der Waals surface area (Å²) in [6.07, 6.45) is 0. The first kappa shape index (κ1) is 13.0. The molecular weight excluding hydrogens is 236 g/mol. The summed E-state index contributed by atoms with van der Waals surface area (Å²) in [5.41, 5.74) is 3.58. The molecule has 0 saturated heterocycles. The van der Waals surface area contributed by atoms with E-state index in [0.717, 1.165) is 17.0 Å². The average Bonchev–Trinajstić information content (AvgIpc) is 2.37. The van der Waals surface area contributed by atoms with E-state index in [1.807, 2.05) is 45.0 Å². The van der Waals surface area contributed by atoms with Gasteiger partial charge in [0.25, 0.3) is 0 Å². The zero-order valence-electron chi connectivity index (χ0n) is 11.3. The topological polar surface area (TPSA) is 61.6 Å². The number of nitriles is 1. The predicted octanol–water partition coefficient (Wildman–Crippen LogP) is 3.14. The minimum absolute atomic E-state index is 0.0505. The molecule has 1 unspecified atom stereocenters. The first-order valence-electron chi connectivity index (χ1n) is 6.17. The largest absolute Gasteiger partial charge is 0.348 e. The maximum atomic E-state index is 8.91. The molecule has 0 aliphatic rings. The summed E-state index contributed by atoms with van der Waals surface area (Å²) in [6.45, 7) is 5.92. The molecular formula is C15H16N4. The molecule has 19 heavy (non-hydrogen) atoms. The molecule has 1 aromatic carbocycles. The van der Waals surface area contributed by atoms with Crippen LogP contribution in [0.25, 0.3) is 0 Å². The molecule has 0 aliphatic carbocycles. The summed E-state index contributed by atoms with van der Waals surface area (Å²) in [5.74, 6) is 0.618. The van der Waals surface area contributed by atoms with Crippen molar-refractivity contribution >= 4 is 5.95 Å². The second-order valence-corrected chi connectivity index (χ2v) is 4.58. The summed E-state index contributed by atoms with van der Waals surface area (Å²) in [4.78, 5) is 8.71. The fraction of sp³-hybridized carbons (Fsp3) is 0.267. The monoisotopic (exact) mass is 252 g/mol. The van der Waals surface area contributed by atoms with Gasteiger partial charge in [0, 0.05) is 11.4 Å². The van der Waals surface area contributed by atoms with E-state index in [4.69, 9.17) is 5.26 Å². The van der Waals surface area contributed by atoms with Crippen molar-refractivity contribution in [3.05, 3.63) is 52.8 Å². The van der Waals surface area contributed by atoms with Gasteiger partial charge in [0.05, 0.1) is 17.7 Å². The Labute approximate surface area is 113 Å². The second kappa shape index (κ2) is 5.49. The molecule has 0 bridgehead atoms. The van der Waals surface area contributed by atoms with Crippen LogP contribution in [0.15, 0.2) is 30.3 Å². The second-order valence-electron chi connectivity index (χ2n) is 4.58. The predicted molar refractivity (Wildman–Crippen MR) is 74.7 cm³/mol. The first-order chi connectivity index (χ1) is 9.08. The van der Waals surface area contributed by atoms with Crippen molar-refractivity contribution in [2.24, 2.45) is 0 Å². The molecule has 0 aliphatic heterocycles. The maximum absolute atomic E-state index is 8.91.